The number of carbonyl (C=O) groups excluding carboxylic acids is 1. The number of rotatable bonds is 6. The van der Waals surface area contributed by atoms with E-state index in [-0.39, 0.29) is 22.0 Å². The van der Waals surface area contributed by atoms with Gasteiger partial charge in [-0.1, -0.05) is 12.1 Å². The van der Waals surface area contributed by atoms with E-state index in [1.54, 1.807) is 19.1 Å². The first-order valence-corrected chi connectivity index (χ1v) is 8.59. The summed E-state index contributed by atoms with van der Waals surface area (Å²) in [7, 11) is -0.156. The quantitative estimate of drug-likeness (QED) is 0.573. The summed E-state index contributed by atoms with van der Waals surface area (Å²) >= 11 is 0. The van der Waals surface area contributed by atoms with Crippen LogP contribution in [0, 0.1) is 6.92 Å². The number of methoxy groups -OCH3 is 3. The molecule has 7 nitrogen and oxygen atoms in total. The maximum Gasteiger partial charge on any atom is 0.341 e. The largest absolute Gasteiger partial charge is 0.493 e. The van der Waals surface area contributed by atoms with E-state index in [2.05, 4.69) is 4.74 Å². The van der Waals surface area contributed by atoms with Crippen LogP contribution in [0.25, 0.3) is 0 Å². The van der Waals surface area contributed by atoms with Gasteiger partial charge in [-0.2, -0.15) is 8.42 Å². The lowest BCUT2D eigenvalue weighted by Gasteiger charge is -2.14. The molecule has 2 rings (SSSR count). The Morgan fingerprint density at radius 2 is 1.52 bits per heavy atom. The molecule has 0 unspecified atom stereocenters. The lowest BCUT2D eigenvalue weighted by atomic mass is 10.2. The van der Waals surface area contributed by atoms with Crippen molar-refractivity contribution < 1.29 is 31.6 Å². The van der Waals surface area contributed by atoms with Crippen LogP contribution in [0.1, 0.15) is 15.9 Å². The van der Waals surface area contributed by atoms with Gasteiger partial charge in [0.1, 0.15) is 10.5 Å². The summed E-state index contributed by atoms with van der Waals surface area (Å²) in [5, 5.41) is 0. The normalized spacial score (nSPS) is 10.9. The van der Waals surface area contributed by atoms with Gasteiger partial charge < -0.3 is 18.4 Å². The predicted octanol–water partition coefficient (Wildman–Crippen LogP) is 2.57. The van der Waals surface area contributed by atoms with Crippen LogP contribution in [-0.2, 0) is 14.9 Å². The van der Waals surface area contributed by atoms with Gasteiger partial charge in [0, 0.05) is 6.07 Å². The summed E-state index contributed by atoms with van der Waals surface area (Å²) in [6.45, 7) is 1.60. The maximum atomic E-state index is 12.7. The van der Waals surface area contributed by atoms with Crippen molar-refractivity contribution in [2.75, 3.05) is 21.3 Å². The lowest BCUT2D eigenvalue weighted by molar-refractivity contribution is 0.0599. The second-order valence-corrected chi connectivity index (χ2v) is 6.51. The van der Waals surface area contributed by atoms with Crippen LogP contribution in [0.3, 0.4) is 0 Å². The summed E-state index contributed by atoms with van der Waals surface area (Å²) in [5.41, 5.74) is 0.417. The Hall–Kier alpha value is -2.74. The van der Waals surface area contributed by atoms with Crippen molar-refractivity contribution in [2.45, 2.75) is 11.8 Å². The molecule has 0 aliphatic heterocycles. The molecular weight excluding hydrogens is 348 g/mol. The molecule has 0 aromatic heterocycles. The molecular formula is C17H18O7S. The molecule has 0 N–H and O–H groups in total. The number of aryl methyl sites for hydroxylation is 1. The minimum absolute atomic E-state index is 0.00621. The molecule has 0 amide bonds. The number of carbonyl (C=O) groups is 1. The van der Waals surface area contributed by atoms with Gasteiger partial charge in [-0.3, -0.25) is 0 Å². The van der Waals surface area contributed by atoms with Crippen molar-refractivity contribution in [1.82, 2.24) is 0 Å². The van der Waals surface area contributed by atoms with Gasteiger partial charge in [0.05, 0.1) is 21.3 Å². The van der Waals surface area contributed by atoms with E-state index in [1.807, 2.05) is 0 Å². The number of para-hydroxylation sites is 1. The van der Waals surface area contributed by atoms with E-state index >= 15 is 0 Å². The smallest absolute Gasteiger partial charge is 0.341 e. The standard InChI is InChI=1S/C17H18O7S/c1-11-9-14(21-2)15(22-3)10-16(11)25(19,20)24-13-8-6-5-7-12(13)17(18)23-4/h5-10H,1-4H3. The number of esters is 1. The predicted molar refractivity (Wildman–Crippen MR) is 89.9 cm³/mol. The van der Waals surface area contributed by atoms with Gasteiger partial charge in [-0.15, -0.1) is 0 Å². The minimum atomic E-state index is -4.21. The van der Waals surface area contributed by atoms with Gasteiger partial charge in [-0.25, -0.2) is 4.79 Å². The molecule has 0 spiro atoms. The van der Waals surface area contributed by atoms with Crippen molar-refractivity contribution in [1.29, 1.82) is 0 Å². The Bertz CT molecular complexity index is 888. The Morgan fingerprint density at radius 1 is 0.920 bits per heavy atom. The van der Waals surface area contributed by atoms with Gasteiger partial charge in [0.15, 0.2) is 17.2 Å². The molecule has 0 radical (unpaired) electrons. The first-order chi connectivity index (χ1) is 11.8. The molecule has 0 saturated carbocycles. The SMILES string of the molecule is COC(=O)c1ccccc1OS(=O)(=O)c1cc(OC)c(OC)cc1C. The van der Waals surface area contributed by atoms with Crippen LogP contribution in [0.2, 0.25) is 0 Å². The van der Waals surface area contributed by atoms with Crippen LogP contribution in [-0.4, -0.2) is 35.7 Å². The van der Waals surface area contributed by atoms with Gasteiger partial charge in [0.2, 0.25) is 0 Å². The summed E-state index contributed by atoms with van der Waals surface area (Å²) < 4.78 is 45.5. The first-order valence-electron chi connectivity index (χ1n) is 7.18. The monoisotopic (exact) mass is 366 g/mol. The Morgan fingerprint density at radius 3 is 2.12 bits per heavy atom. The van der Waals surface area contributed by atoms with Crippen molar-refractivity contribution in [3.05, 3.63) is 47.5 Å². The summed E-state index contributed by atoms with van der Waals surface area (Å²) in [6.07, 6.45) is 0. The van der Waals surface area contributed by atoms with Gasteiger partial charge in [-0.05, 0) is 30.7 Å². The van der Waals surface area contributed by atoms with E-state index in [9.17, 15) is 13.2 Å². The third-order valence-corrected chi connectivity index (χ3v) is 4.82. The van der Waals surface area contributed by atoms with Crippen LogP contribution in [0.5, 0.6) is 17.2 Å². The Balaban J connectivity index is 2.50. The summed E-state index contributed by atoms with van der Waals surface area (Å²) in [5.74, 6) is -0.177. The molecule has 8 heteroatoms. The van der Waals surface area contributed by atoms with E-state index in [0.29, 0.717) is 11.3 Å². The molecule has 0 bridgehead atoms. The molecule has 2 aromatic carbocycles. The fourth-order valence-corrected chi connectivity index (χ4v) is 3.39. The average molecular weight is 366 g/mol. The highest BCUT2D eigenvalue weighted by Crippen LogP contribution is 2.34. The minimum Gasteiger partial charge on any atom is -0.493 e. The summed E-state index contributed by atoms with van der Waals surface area (Å²) in [4.78, 5) is 11.7. The zero-order chi connectivity index (χ0) is 18.6. The molecule has 0 fully saturated rings. The maximum absolute atomic E-state index is 12.7. The van der Waals surface area contributed by atoms with Gasteiger partial charge in [0.25, 0.3) is 0 Å². The van der Waals surface area contributed by atoms with Crippen molar-refractivity contribution in [3.63, 3.8) is 0 Å². The van der Waals surface area contributed by atoms with Crippen LogP contribution < -0.4 is 13.7 Å². The lowest BCUT2D eigenvalue weighted by Crippen LogP contribution is -2.14. The van der Waals surface area contributed by atoms with E-state index < -0.39 is 16.1 Å². The number of hydrogen-bond donors (Lipinski definition) is 0. The average Bonchev–Trinajstić information content (AvgIpc) is 2.60. The first kappa shape index (κ1) is 18.6. The number of hydrogen-bond acceptors (Lipinski definition) is 7. The third kappa shape index (κ3) is 3.85. The number of ether oxygens (including phenoxy) is 3. The second-order valence-electron chi connectivity index (χ2n) is 5.00. The number of benzene rings is 2. The van der Waals surface area contributed by atoms with Crippen LogP contribution in [0.4, 0.5) is 0 Å². The highest BCUT2D eigenvalue weighted by atomic mass is 32.2. The molecule has 0 aliphatic rings. The molecule has 25 heavy (non-hydrogen) atoms. The van der Waals surface area contributed by atoms with E-state index in [4.69, 9.17) is 13.7 Å². The Kier molecular flexibility index (Phi) is 5.53. The molecule has 134 valence electrons. The third-order valence-electron chi connectivity index (χ3n) is 3.44. The van der Waals surface area contributed by atoms with Crippen molar-refractivity contribution in [2.24, 2.45) is 0 Å². The molecule has 0 aliphatic carbocycles. The highest BCUT2D eigenvalue weighted by Gasteiger charge is 2.25. The zero-order valence-corrected chi connectivity index (χ0v) is 15.0. The molecule has 0 atom stereocenters. The fraction of sp³-hybridized carbons (Fsp3) is 0.235. The highest BCUT2D eigenvalue weighted by molar-refractivity contribution is 7.87. The van der Waals surface area contributed by atoms with Crippen LogP contribution >= 0.6 is 0 Å². The fourth-order valence-electron chi connectivity index (χ4n) is 2.21. The Labute approximate surface area is 146 Å². The van der Waals surface area contributed by atoms with Gasteiger partial charge >= 0.3 is 16.1 Å². The summed E-state index contributed by atoms with van der Waals surface area (Å²) in [6, 6.07) is 8.76. The zero-order valence-electron chi connectivity index (χ0n) is 14.2. The second kappa shape index (κ2) is 7.43. The van der Waals surface area contributed by atoms with Crippen molar-refractivity contribution in [3.8, 4) is 17.2 Å². The van der Waals surface area contributed by atoms with Crippen molar-refractivity contribution >= 4 is 16.1 Å². The van der Waals surface area contributed by atoms with E-state index in [0.717, 1.165) is 0 Å². The molecule has 2 aromatic rings. The molecule has 0 heterocycles. The topological polar surface area (TPSA) is 88.1 Å². The van der Waals surface area contributed by atoms with Crippen LogP contribution in [0.15, 0.2) is 41.3 Å². The molecule has 0 saturated heterocycles. The van der Waals surface area contributed by atoms with E-state index in [1.165, 1.54) is 45.6 Å².